The van der Waals surface area contributed by atoms with Gasteiger partial charge in [-0.2, -0.15) is 0 Å². The normalized spacial score (nSPS) is 10.2. The van der Waals surface area contributed by atoms with E-state index in [4.69, 9.17) is 11.6 Å². The van der Waals surface area contributed by atoms with E-state index in [0.717, 1.165) is 18.0 Å². The SMILES string of the molecule is CN(Cc1ccccc1)c1nc(Cl)c(C=O)s1. The van der Waals surface area contributed by atoms with Crippen LogP contribution in [0.2, 0.25) is 5.15 Å². The molecule has 0 spiro atoms. The first-order valence-corrected chi connectivity index (χ1v) is 6.26. The Hall–Kier alpha value is -1.39. The second-order valence-electron chi connectivity index (χ2n) is 3.61. The van der Waals surface area contributed by atoms with E-state index in [-0.39, 0.29) is 5.15 Å². The summed E-state index contributed by atoms with van der Waals surface area (Å²) in [6.45, 7) is 0.739. The number of aromatic nitrogens is 1. The first kappa shape index (κ1) is 12.1. The summed E-state index contributed by atoms with van der Waals surface area (Å²) in [5, 5.41) is 1.03. The van der Waals surface area contributed by atoms with Gasteiger partial charge >= 0.3 is 0 Å². The molecule has 1 heterocycles. The molecule has 0 bridgehead atoms. The number of carbonyl (C=O) groups is 1. The Morgan fingerprint density at radius 3 is 2.71 bits per heavy atom. The fourth-order valence-corrected chi connectivity index (χ4v) is 2.49. The number of benzene rings is 1. The molecule has 2 rings (SSSR count). The molecule has 88 valence electrons. The lowest BCUT2D eigenvalue weighted by Crippen LogP contribution is -2.15. The highest BCUT2D eigenvalue weighted by molar-refractivity contribution is 7.17. The van der Waals surface area contributed by atoms with E-state index in [1.54, 1.807) is 0 Å². The molecule has 1 aromatic carbocycles. The molecule has 0 aliphatic carbocycles. The van der Waals surface area contributed by atoms with Crippen molar-refractivity contribution in [2.75, 3.05) is 11.9 Å². The Morgan fingerprint density at radius 2 is 2.12 bits per heavy atom. The number of carbonyl (C=O) groups excluding carboxylic acids is 1. The standard InChI is InChI=1S/C12H11ClN2OS/c1-15(7-9-5-3-2-4-6-9)12-14-11(13)10(8-16)17-12/h2-6,8H,7H2,1H3. The van der Waals surface area contributed by atoms with E-state index < -0.39 is 0 Å². The van der Waals surface area contributed by atoms with Crippen LogP contribution in [0, 0.1) is 0 Å². The van der Waals surface area contributed by atoms with Gasteiger partial charge < -0.3 is 4.90 Å². The number of aldehydes is 1. The van der Waals surface area contributed by atoms with Crippen LogP contribution in [0.1, 0.15) is 15.2 Å². The molecular formula is C12H11ClN2OS. The highest BCUT2D eigenvalue weighted by Crippen LogP contribution is 2.28. The monoisotopic (exact) mass is 266 g/mol. The minimum absolute atomic E-state index is 0.278. The number of hydrogen-bond donors (Lipinski definition) is 0. The molecule has 0 N–H and O–H groups in total. The van der Waals surface area contributed by atoms with Crippen LogP contribution in [0.5, 0.6) is 0 Å². The molecule has 17 heavy (non-hydrogen) atoms. The minimum atomic E-state index is 0.278. The molecule has 0 radical (unpaired) electrons. The summed E-state index contributed by atoms with van der Waals surface area (Å²) in [5.74, 6) is 0. The van der Waals surface area contributed by atoms with Crippen molar-refractivity contribution < 1.29 is 4.79 Å². The van der Waals surface area contributed by atoms with Crippen molar-refractivity contribution in [3.05, 3.63) is 45.9 Å². The zero-order chi connectivity index (χ0) is 12.3. The maximum absolute atomic E-state index is 10.7. The number of rotatable bonds is 4. The minimum Gasteiger partial charge on any atom is -0.347 e. The van der Waals surface area contributed by atoms with Crippen LogP contribution in [0.4, 0.5) is 5.13 Å². The van der Waals surface area contributed by atoms with Gasteiger partial charge in [-0.1, -0.05) is 53.3 Å². The van der Waals surface area contributed by atoms with Crippen molar-refractivity contribution in [2.24, 2.45) is 0 Å². The van der Waals surface area contributed by atoms with Crippen molar-refractivity contribution in [2.45, 2.75) is 6.54 Å². The largest absolute Gasteiger partial charge is 0.347 e. The molecule has 0 fully saturated rings. The maximum atomic E-state index is 10.7. The highest BCUT2D eigenvalue weighted by atomic mass is 35.5. The van der Waals surface area contributed by atoms with Gasteiger partial charge in [0.1, 0.15) is 4.88 Å². The lowest BCUT2D eigenvalue weighted by atomic mass is 10.2. The summed E-state index contributed by atoms with van der Waals surface area (Å²) in [6.07, 6.45) is 0.736. The maximum Gasteiger partial charge on any atom is 0.187 e. The molecule has 1 aromatic heterocycles. The van der Waals surface area contributed by atoms with Gasteiger partial charge in [0.05, 0.1) is 0 Å². The number of nitrogens with zero attached hydrogens (tertiary/aromatic N) is 2. The predicted molar refractivity (Wildman–Crippen MR) is 71.1 cm³/mol. The van der Waals surface area contributed by atoms with E-state index in [2.05, 4.69) is 4.98 Å². The zero-order valence-electron chi connectivity index (χ0n) is 9.26. The van der Waals surface area contributed by atoms with Crippen molar-refractivity contribution in [3.63, 3.8) is 0 Å². The van der Waals surface area contributed by atoms with Gasteiger partial charge in [-0.05, 0) is 5.56 Å². The second kappa shape index (κ2) is 5.29. The molecule has 0 atom stereocenters. The Kier molecular flexibility index (Phi) is 3.76. The summed E-state index contributed by atoms with van der Waals surface area (Å²) < 4.78 is 0. The van der Waals surface area contributed by atoms with Crippen LogP contribution in [0.15, 0.2) is 30.3 Å². The third-order valence-electron chi connectivity index (χ3n) is 2.29. The number of halogens is 1. The Balaban J connectivity index is 2.14. The van der Waals surface area contributed by atoms with Crippen LogP contribution in [-0.4, -0.2) is 18.3 Å². The van der Waals surface area contributed by atoms with Crippen LogP contribution in [-0.2, 0) is 6.54 Å². The van der Waals surface area contributed by atoms with Gasteiger partial charge in [0.15, 0.2) is 16.6 Å². The summed E-state index contributed by atoms with van der Waals surface area (Å²) in [7, 11) is 1.93. The summed E-state index contributed by atoms with van der Waals surface area (Å²) >= 11 is 7.14. The lowest BCUT2D eigenvalue weighted by molar-refractivity contribution is 0.112. The zero-order valence-corrected chi connectivity index (χ0v) is 10.8. The lowest BCUT2D eigenvalue weighted by Gasteiger charge is -2.15. The van der Waals surface area contributed by atoms with Crippen LogP contribution in [0.3, 0.4) is 0 Å². The molecule has 0 aliphatic rings. The molecule has 0 saturated heterocycles. The Bertz CT molecular complexity index is 512. The van der Waals surface area contributed by atoms with E-state index >= 15 is 0 Å². The predicted octanol–water partition coefficient (Wildman–Crippen LogP) is 3.25. The van der Waals surface area contributed by atoms with Gasteiger partial charge in [0, 0.05) is 13.6 Å². The fraction of sp³-hybridized carbons (Fsp3) is 0.167. The van der Waals surface area contributed by atoms with E-state index in [1.165, 1.54) is 16.9 Å². The van der Waals surface area contributed by atoms with Crippen molar-refractivity contribution >= 4 is 34.4 Å². The molecule has 2 aromatic rings. The number of anilines is 1. The van der Waals surface area contributed by atoms with Gasteiger partial charge in [-0.25, -0.2) is 4.98 Å². The third kappa shape index (κ3) is 2.84. The first-order chi connectivity index (χ1) is 8.20. The average Bonchev–Trinajstić information content (AvgIpc) is 2.72. The molecule has 5 heteroatoms. The summed E-state index contributed by atoms with van der Waals surface area (Å²) in [5.41, 5.74) is 1.19. The average molecular weight is 267 g/mol. The van der Waals surface area contributed by atoms with Crippen LogP contribution in [0.25, 0.3) is 0 Å². The van der Waals surface area contributed by atoms with E-state index in [9.17, 15) is 4.79 Å². The van der Waals surface area contributed by atoms with E-state index in [0.29, 0.717) is 4.88 Å². The van der Waals surface area contributed by atoms with Crippen LogP contribution >= 0.6 is 22.9 Å². The molecule has 0 aliphatic heterocycles. The van der Waals surface area contributed by atoms with Crippen molar-refractivity contribution in [1.29, 1.82) is 0 Å². The van der Waals surface area contributed by atoms with Crippen LogP contribution < -0.4 is 4.90 Å². The van der Waals surface area contributed by atoms with Gasteiger partial charge in [0.2, 0.25) is 0 Å². The Labute approximate surface area is 109 Å². The fourth-order valence-electron chi connectivity index (χ4n) is 1.46. The van der Waals surface area contributed by atoms with E-state index in [1.807, 2.05) is 42.3 Å². The number of thiazole rings is 1. The summed E-state index contributed by atoms with van der Waals surface area (Å²) in [4.78, 5) is 17.3. The third-order valence-corrected chi connectivity index (χ3v) is 3.79. The molecular weight excluding hydrogens is 256 g/mol. The molecule has 3 nitrogen and oxygen atoms in total. The quantitative estimate of drug-likeness (QED) is 0.797. The topological polar surface area (TPSA) is 33.2 Å². The van der Waals surface area contributed by atoms with Gasteiger partial charge in [-0.3, -0.25) is 4.79 Å². The molecule has 0 unspecified atom stereocenters. The Morgan fingerprint density at radius 1 is 1.41 bits per heavy atom. The smallest absolute Gasteiger partial charge is 0.187 e. The second-order valence-corrected chi connectivity index (χ2v) is 4.98. The number of hydrogen-bond acceptors (Lipinski definition) is 4. The van der Waals surface area contributed by atoms with Crippen molar-refractivity contribution in [3.8, 4) is 0 Å². The van der Waals surface area contributed by atoms with Gasteiger partial charge in [0.25, 0.3) is 0 Å². The summed E-state index contributed by atoms with van der Waals surface area (Å²) in [6, 6.07) is 10.1. The van der Waals surface area contributed by atoms with Crippen molar-refractivity contribution in [1.82, 2.24) is 4.98 Å². The highest BCUT2D eigenvalue weighted by Gasteiger charge is 2.11. The molecule has 0 saturated carbocycles. The van der Waals surface area contributed by atoms with Gasteiger partial charge in [-0.15, -0.1) is 0 Å². The first-order valence-electron chi connectivity index (χ1n) is 5.07. The molecule has 0 amide bonds.